The molecule has 0 saturated heterocycles. The molecule has 0 atom stereocenters. The van der Waals surface area contributed by atoms with Gasteiger partial charge in [-0.2, -0.15) is 4.37 Å². The molecular weight excluding hydrogens is 108 g/mol. The summed E-state index contributed by atoms with van der Waals surface area (Å²) in [5, 5.41) is 1.04. The van der Waals surface area contributed by atoms with Crippen molar-refractivity contribution in [3.8, 4) is 0 Å². The molecule has 1 heterocycles. The van der Waals surface area contributed by atoms with Crippen LogP contribution in [0.25, 0.3) is 0 Å². The lowest BCUT2D eigenvalue weighted by Gasteiger charge is -1.67. The number of aromatic nitrogens is 2. The van der Waals surface area contributed by atoms with Crippen molar-refractivity contribution in [3.63, 3.8) is 0 Å². The summed E-state index contributed by atoms with van der Waals surface area (Å²) in [4.78, 5) is 4.02. The predicted octanol–water partition coefficient (Wildman–Crippen LogP) is 1.15. The molecule has 38 valence electrons. The molecule has 0 aliphatic heterocycles. The highest BCUT2D eigenvalue weighted by molar-refractivity contribution is 7.05. The summed E-state index contributed by atoms with van der Waals surface area (Å²) in [5.41, 5.74) is 0. The molecule has 0 saturated carbocycles. The lowest BCUT2D eigenvalue weighted by molar-refractivity contribution is 1.13. The Morgan fingerprint density at radius 2 is 2.14 bits per heavy atom. The number of rotatable bonds is 0. The monoisotopic (exact) mass is 114 g/mol. The van der Waals surface area contributed by atoms with Crippen LogP contribution in [0, 0.1) is 13.8 Å². The van der Waals surface area contributed by atoms with E-state index in [1.807, 2.05) is 13.8 Å². The second kappa shape index (κ2) is 1.58. The van der Waals surface area contributed by atoms with Crippen LogP contribution < -0.4 is 0 Å². The van der Waals surface area contributed by atoms with Gasteiger partial charge in [-0.25, -0.2) is 4.98 Å². The minimum atomic E-state index is 0.877. The maximum atomic E-state index is 4.02. The number of hydrogen-bond donors (Lipinski definition) is 0. The molecule has 2 nitrogen and oxygen atoms in total. The summed E-state index contributed by atoms with van der Waals surface area (Å²) in [6.45, 7) is 3.84. The third-order valence-electron chi connectivity index (χ3n) is 0.629. The van der Waals surface area contributed by atoms with Gasteiger partial charge in [0.15, 0.2) is 0 Å². The largest absolute Gasteiger partial charge is 0.225 e. The third kappa shape index (κ3) is 0.962. The van der Waals surface area contributed by atoms with Crippen molar-refractivity contribution in [1.82, 2.24) is 9.36 Å². The smallest absolute Gasteiger partial charge is 0.139 e. The van der Waals surface area contributed by atoms with Gasteiger partial charge in [0.2, 0.25) is 0 Å². The summed E-state index contributed by atoms with van der Waals surface area (Å²) < 4.78 is 3.95. The van der Waals surface area contributed by atoms with Gasteiger partial charge in [-0.1, -0.05) is 0 Å². The van der Waals surface area contributed by atoms with Crippen molar-refractivity contribution in [1.29, 1.82) is 0 Å². The maximum Gasteiger partial charge on any atom is 0.139 e. The Morgan fingerprint density at radius 1 is 1.43 bits per heavy atom. The highest BCUT2D eigenvalue weighted by Gasteiger charge is 1.88. The van der Waals surface area contributed by atoms with E-state index in [2.05, 4.69) is 9.36 Å². The average Bonchev–Trinajstić information content (AvgIpc) is 1.87. The van der Waals surface area contributed by atoms with Gasteiger partial charge in [0.05, 0.1) is 0 Å². The lowest BCUT2D eigenvalue weighted by atomic mass is 10.7. The van der Waals surface area contributed by atoms with E-state index in [9.17, 15) is 0 Å². The van der Waals surface area contributed by atoms with E-state index in [0.717, 1.165) is 10.8 Å². The van der Waals surface area contributed by atoms with Gasteiger partial charge < -0.3 is 0 Å². The Morgan fingerprint density at radius 3 is 2.29 bits per heavy atom. The zero-order valence-electron chi connectivity index (χ0n) is 4.30. The first-order valence-electron chi connectivity index (χ1n) is 2.06. The number of aryl methyl sites for hydroxylation is 2. The van der Waals surface area contributed by atoms with Crippen molar-refractivity contribution < 1.29 is 0 Å². The molecule has 0 bridgehead atoms. The van der Waals surface area contributed by atoms with Crippen LogP contribution in [0.3, 0.4) is 0 Å². The molecule has 0 amide bonds. The van der Waals surface area contributed by atoms with Crippen molar-refractivity contribution in [2.75, 3.05) is 0 Å². The Kier molecular flexibility index (Phi) is 1.06. The van der Waals surface area contributed by atoms with Crippen LogP contribution in [0.2, 0.25) is 0 Å². The van der Waals surface area contributed by atoms with E-state index < -0.39 is 0 Å². The zero-order valence-corrected chi connectivity index (χ0v) is 5.12. The Hall–Kier alpha value is -0.440. The molecule has 0 unspecified atom stereocenters. The quantitative estimate of drug-likeness (QED) is 0.505. The third-order valence-corrected chi connectivity index (χ3v) is 1.34. The predicted molar refractivity (Wildman–Crippen MR) is 29.4 cm³/mol. The van der Waals surface area contributed by atoms with Crippen LogP contribution in [-0.2, 0) is 0 Å². The zero-order chi connectivity index (χ0) is 5.28. The van der Waals surface area contributed by atoms with Crippen LogP contribution in [-0.4, -0.2) is 9.36 Å². The molecule has 0 radical (unpaired) electrons. The summed E-state index contributed by atoms with van der Waals surface area (Å²) in [5.74, 6) is 0.877. The molecule has 0 aromatic carbocycles. The van der Waals surface area contributed by atoms with E-state index in [0.29, 0.717) is 0 Å². The lowest BCUT2D eigenvalue weighted by Crippen LogP contribution is -1.70. The molecule has 0 fully saturated rings. The van der Waals surface area contributed by atoms with Gasteiger partial charge in [-0.3, -0.25) is 0 Å². The van der Waals surface area contributed by atoms with Crippen LogP contribution in [0.1, 0.15) is 10.8 Å². The molecule has 1 aromatic heterocycles. The fourth-order valence-corrected chi connectivity index (χ4v) is 0.879. The van der Waals surface area contributed by atoms with E-state index >= 15 is 0 Å². The fourth-order valence-electron chi connectivity index (χ4n) is 0.401. The molecular formula is C4H6N2S. The Bertz CT molecular complexity index is 142. The maximum absolute atomic E-state index is 4.02. The van der Waals surface area contributed by atoms with Crippen molar-refractivity contribution >= 4 is 11.5 Å². The fraction of sp³-hybridized carbons (Fsp3) is 0.500. The molecule has 0 aliphatic carbocycles. The van der Waals surface area contributed by atoms with Crippen LogP contribution in [0.5, 0.6) is 0 Å². The molecule has 0 aliphatic rings. The van der Waals surface area contributed by atoms with Gasteiger partial charge in [0, 0.05) is 0 Å². The van der Waals surface area contributed by atoms with E-state index in [4.69, 9.17) is 0 Å². The minimum Gasteiger partial charge on any atom is -0.225 e. The normalized spacial score (nSPS) is 9.43. The number of hydrogen-bond acceptors (Lipinski definition) is 3. The van der Waals surface area contributed by atoms with Crippen LogP contribution >= 0.6 is 11.5 Å². The average molecular weight is 114 g/mol. The van der Waals surface area contributed by atoms with Gasteiger partial charge >= 0.3 is 0 Å². The SMILES string of the molecule is Cc1nsc(C)n1. The first-order chi connectivity index (χ1) is 3.29. The van der Waals surface area contributed by atoms with Crippen molar-refractivity contribution in [3.05, 3.63) is 10.8 Å². The van der Waals surface area contributed by atoms with E-state index in [-0.39, 0.29) is 0 Å². The summed E-state index contributed by atoms with van der Waals surface area (Å²) >= 11 is 1.44. The summed E-state index contributed by atoms with van der Waals surface area (Å²) in [7, 11) is 0. The molecule has 3 heteroatoms. The van der Waals surface area contributed by atoms with Crippen molar-refractivity contribution in [2.45, 2.75) is 13.8 Å². The molecule has 0 spiro atoms. The van der Waals surface area contributed by atoms with E-state index in [1.165, 1.54) is 11.5 Å². The molecule has 1 aromatic rings. The second-order valence-corrected chi connectivity index (χ2v) is 2.32. The first-order valence-corrected chi connectivity index (χ1v) is 2.83. The van der Waals surface area contributed by atoms with Gasteiger partial charge in [0.1, 0.15) is 10.8 Å². The highest BCUT2D eigenvalue weighted by atomic mass is 32.1. The Labute approximate surface area is 46.4 Å². The van der Waals surface area contributed by atoms with E-state index in [1.54, 1.807) is 0 Å². The standard InChI is InChI=1S/C4H6N2S/c1-3-5-4(2)7-6-3/h1-2H3. The summed E-state index contributed by atoms with van der Waals surface area (Å²) in [6, 6.07) is 0. The van der Waals surface area contributed by atoms with Crippen LogP contribution in [0.4, 0.5) is 0 Å². The topological polar surface area (TPSA) is 25.8 Å². The summed E-state index contributed by atoms with van der Waals surface area (Å²) in [6.07, 6.45) is 0. The molecule has 7 heavy (non-hydrogen) atoms. The number of nitrogens with zero attached hydrogens (tertiary/aromatic N) is 2. The molecule has 0 N–H and O–H groups in total. The van der Waals surface area contributed by atoms with Crippen molar-refractivity contribution in [2.24, 2.45) is 0 Å². The van der Waals surface area contributed by atoms with Crippen LogP contribution in [0.15, 0.2) is 0 Å². The first kappa shape index (κ1) is 4.71. The van der Waals surface area contributed by atoms with Gasteiger partial charge in [-0.15, -0.1) is 0 Å². The Balaban J connectivity index is 3.04. The van der Waals surface area contributed by atoms with Gasteiger partial charge in [-0.05, 0) is 25.4 Å². The highest BCUT2D eigenvalue weighted by Crippen LogP contribution is 1.98. The molecule has 1 rings (SSSR count). The second-order valence-electron chi connectivity index (χ2n) is 1.36. The van der Waals surface area contributed by atoms with Gasteiger partial charge in [0.25, 0.3) is 0 Å². The minimum absolute atomic E-state index is 0.877.